The third kappa shape index (κ3) is 5.04. The van der Waals surface area contributed by atoms with Crippen molar-refractivity contribution < 1.29 is 5.11 Å². The van der Waals surface area contributed by atoms with Gasteiger partial charge in [0.2, 0.25) is 0 Å². The quantitative estimate of drug-likeness (QED) is 0.772. The van der Waals surface area contributed by atoms with E-state index in [1.807, 2.05) is 0 Å². The molecule has 2 nitrogen and oxygen atoms in total. The van der Waals surface area contributed by atoms with Gasteiger partial charge in [-0.05, 0) is 31.2 Å². The van der Waals surface area contributed by atoms with Crippen molar-refractivity contribution in [3.8, 4) is 0 Å². The Balaban J connectivity index is 1.91. The van der Waals surface area contributed by atoms with Crippen molar-refractivity contribution in [1.82, 2.24) is 4.90 Å². The Morgan fingerprint density at radius 3 is 1.95 bits per heavy atom. The molecule has 118 valence electrons. The van der Waals surface area contributed by atoms with Crippen LogP contribution in [0.3, 0.4) is 0 Å². The van der Waals surface area contributed by atoms with Crippen molar-refractivity contribution in [3.05, 3.63) is 0 Å². The zero-order chi connectivity index (χ0) is 14.4. The van der Waals surface area contributed by atoms with Gasteiger partial charge in [-0.25, -0.2) is 0 Å². The number of aliphatic hydroxyl groups is 1. The van der Waals surface area contributed by atoms with Gasteiger partial charge in [-0.3, -0.25) is 4.90 Å². The van der Waals surface area contributed by atoms with E-state index in [4.69, 9.17) is 0 Å². The maximum Gasteiger partial charge on any atom is 0.0695 e. The van der Waals surface area contributed by atoms with Crippen LogP contribution in [0, 0.1) is 5.41 Å². The highest BCUT2D eigenvalue weighted by Crippen LogP contribution is 2.33. The molecule has 1 heterocycles. The second-order valence-corrected chi connectivity index (χ2v) is 7.93. The van der Waals surface area contributed by atoms with Gasteiger partial charge in [0.1, 0.15) is 0 Å². The average Bonchev–Trinajstić information content (AvgIpc) is 2.74. The van der Waals surface area contributed by atoms with Gasteiger partial charge < -0.3 is 5.11 Å². The van der Waals surface area contributed by atoms with E-state index in [9.17, 15) is 5.11 Å². The van der Waals surface area contributed by atoms with E-state index >= 15 is 0 Å². The first-order valence-corrected chi connectivity index (χ1v) is 9.01. The zero-order valence-corrected chi connectivity index (χ0v) is 13.7. The highest BCUT2D eigenvalue weighted by Gasteiger charge is 2.35. The van der Waals surface area contributed by atoms with E-state index in [-0.39, 0.29) is 6.10 Å². The molecule has 0 amide bonds. The van der Waals surface area contributed by atoms with Crippen LogP contribution >= 0.6 is 0 Å². The highest BCUT2D eigenvalue weighted by molar-refractivity contribution is 4.89. The fourth-order valence-corrected chi connectivity index (χ4v) is 4.02. The molecule has 1 aliphatic heterocycles. The first kappa shape index (κ1) is 16.3. The summed E-state index contributed by atoms with van der Waals surface area (Å²) in [5.74, 6) is 0. The third-order valence-electron chi connectivity index (χ3n) is 5.37. The predicted octanol–water partition coefficient (Wildman–Crippen LogP) is 4.36. The number of rotatable bonds is 1. The van der Waals surface area contributed by atoms with Crippen LogP contribution in [0.25, 0.3) is 0 Å². The zero-order valence-electron chi connectivity index (χ0n) is 13.7. The van der Waals surface area contributed by atoms with Crippen LogP contribution in [-0.2, 0) is 0 Å². The number of nitrogens with zero attached hydrogens (tertiary/aromatic N) is 1. The van der Waals surface area contributed by atoms with Gasteiger partial charge >= 0.3 is 0 Å². The summed E-state index contributed by atoms with van der Waals surface area (Å²) in [5.41, 5.74) is 0.448. The topological polar surface area (TPSA) is 23.5 Å². The van der Waals surface area contributed by atoms with E-state index in [1.165, 1.54) is 77.3 Å². The van der Waals surface area contributed by atoms with E-state index in [0.29, 0.717) is 11.5 Å². The van der Waals surface area contributed by atoms with Crippen LogP contribution in [0.15, 0.2) is 0 Å². The van der Waals surface area contributed by atoms with E-state index in [0.717, 1.165) is 6.42 Å². The van der Waals surface area contributed by atoms with E-state index in [2.05, 4.69) is 18.7 Å². The molecule has 0 spiro atoms. The average molecular weight is 281 g/mol. The number of hydrogen-bond acceptors (Lipinski definition) is 2. The summed E-state index contributed by atoms with van der Waals surface area (Å²) < 4.78 is 0. The molecule has 1 saturated heterocycles. The first-order chi connectivity index (χ1) is 9.58. The maximum absolute atomic E-state index is 10.6. The number of likely N-dealkylation sites (tertiary alicyclic amines) is 1. The predicted molar refractivity (Wildman–Crippen MR) is 85.9 cm³/mol. The summed E-state index contributed by atoms with van der Waals surface area (Å²) in [6.07, 6.45) is 14.2. The van der Waals surface area contributed by atoms with Crippen molar-refractivity contribution >= 4 is 0 Å². The lowest BCUT2D eigenvalue weighted by Gasteiger charge is -2.33. The summed E-state index contributed by atoms with van der Waals surface area (Å²) in [5, 5.41) is 10.6. The molecular weight excluding hydrogens is 246 g/mol. The molecule has 1 aliphatic carbocycles. The van der Waals surface area contributed by atoms with Crippen molar-refractivity contribution in [2.24, 2.45) is 5.41 Å². The van der Waals surface area contributed by atoms with Gasteiger partial charge in [-0.15, -0.1) is 0 Å². The summed E-state index contributed by atoms with van der Waals surface area (Å²) in [7, 11) is 0. The normalized spacial score (nSPS) is 34.4. The summed E-state index contributed by atoms with van der Waals surface area (Å²) in [4.78, 5) is 2.59. The Labute approximate surface area is 125 Å². The van der Waals surface area contributed by atoms with Crippen LogP contribution < -0.4 is 0 Å². The van der Waals surface area contributed by atoms with Gasteiger partial charge in [0.25, 0.3) is 0 Å². The molecule has 2 rings (SSSR count). The largest absolute Gasteiger partial charge is 0.391 e. The minimum Gasteiger partial charge on any atom is -0.391 e. The van der Waals surface area contributed by atoms with Crippen molar-refractivity contribution in [2.75, 3.05) is 13.1 Å². The summed E-state index contributed by atoms with van der Waals surface area (Å²) in [6, 6.07) is 0.427. The molecule has 0 aromatic heterocycles. The maximum atomic E-state index is 10.6. The Hall–Kier alpha value is -0.0800. The fourth-order valence-electron chi connectivity index (χ4n) is 4.02. The molecule has 2 atom stereocenters. The molecule has 0 radical (unpaired) electrons. The van der Waals surface area contributed by atoms with Gasteiger partial charge in [0.15, 0.2) is 0 Å². The second-order valence-electron chi connectivity index (χ2n) is 7.93. The highest BCUT2D eigenvalue weighted by atomic mass is 16.3. The molecule has 2 aliphatic rings. The molecule has 0 aromatic carbocycles. The van der Waals surface area contributed by atoms with Gasteiger partial charge in [0.05, 0.1) is 6.10 Å². The second kappa shape index (κ2) is 7.79. The lowest BCUT2D eigenvalue weighted by atomic mass is 9.92. The molecular formula is C18H35NO. The molecule has 20 heavy (non-hydrogen) atoms. The van der Waals surface area contributed by atoms with Gasteiger partial charge in [0, 0.05) is 12.6 Å². The van der Waals surface area contributed by atoms with Gasteiger partial charge in [-0.1, -0.05) is 65.2 Å². The van der Waals surface area contributed by atoms with E-state index in [1.54, 1.807) is 0 Å². The Morgan fingerprint density at radius 1 is 0.850 bits per heavy atom. The minimum absolute atomic E-state index is 0.0941. The monoisotopic (exact) mass is 281 g/mol. The molecule has 1 N–H and O–H groups in total. The molecule has 1 saturated carbocycles. The number of hydrogen-bond donors (Lipinski definition) is 1. The molecule has 2 heteroatoms. The summed E-state index contributed by atoms with van der Waals surface area (Å²) in [6.45, 7) is 7.10. The number of aliphatic hydroxyl groups excluding tert-OH is 1. The van der Waals surface area contributed by atoms with Crippen LogP contribution in [0.1, 0.15) is 84.5 Å². The molecule has 0 aromatic rings. The summed E-state index contributed by atoms with van der Waals surface area (Å²) >= 11 is 0. The van der Waals surface area contributed by atoms with Crippen molar-refractivity contribution in [2.45, 2.75) is 96.6 Å². The molecule has 0 bridgehead atoms. The fraction of sp³-hybridized carbons (Fsp3) is 1.00. The SMILES string of the molecule is CC1(C)CCN(C2CCCCCCCCCCC2O)C1. The Bertz CT molecular complexity index is 277. The first-order valence-electron chi connectivity index (χ1n) is 9.01. The lowest BCUT2D eigenvalue weighted by Crippen LogP contribution is -2.43. The van der Waals surface area contributed by atoms with Crippen molar-refractivity contribution in [1.29, 1.82) is 0 Å². The van der Waals surface area contributed by atoms with E-state index < -0.39 is 0 Å². The van der Waals surface area contributed by atoms with Gasteiger partial charge in [-0.2, -0.15) is 0 Å². The molecule has 2 unspecified atom stereocenters. The minimum atomic E-state index is -0.0941. The Kier molecular flexibility index (Phi) is 6.35. The standard InChI is InChI=1S/C18H35NO/c1-18(2)13-14-19(15-18)16-11-9-7-5-3-4-6-8-10-12-17(16)20/h16-17,20H,3-15H2,1-2H3. The van der Waals surface area contributed by atoms with Crippen LogP contribution in [-0.4, -0.2) is 35.2 Å². The third-order valence-corrected chi connectivity index (χ3v) is 5.37. The Morgan fingerprint density at radius 2 is 1.40 bits per heavy atom. The molecule has 2 fully saturated rings. The smallest absolute Gasteiger partial charge is 0.0695 e. The van der Waals surface area contributed by atoms with Crippen LogP contribution in [0.4, 0.5) is 0 Å². The van der Waals surface area contributed by atoms with Crippen LogP contribution in [0.2, 0.25) is 0 Å². The van der Waals surface area contributed by atoms with Crippen LogP contribution in [0.5, 0.6) is 0 Å². The lowest BCUT2D eigenvalue weighted by molar-refractivity contribution is 0.0428. The van der Waals surface area contributed by atoms with Crippen molar-refractivity contribution in [3.63, 3.8) is 0 Å².